The summed E-state index contributed by atoms with van der Waals surface area (Å²) in [4.78, 5) is 12.0. The van der Waals surface area contributed by atoms with E-state index in [2.05, 4.69) is 5.32 Å². The lowest BCUT2D eigenvalue weighted by molar-refractivity contribution is -0.129. The molecular formula is C13H18Cl2N2O. The van der Waals surface area contributed by atoms with E-state index in [-0.39, 0.29) is 11.9 Å². The number of rotatable bonds is 4. The van der Waals surface area contributed by atoms with Gasteiger partial charge in [-0.05, 0) is 38.5 Å². The van der Waals surface area contributed by atoms with Gasteiger partial charge in [0.25, 0.3) is 0 Å². The topological polar surface area (TPSA) is 55.1 Å². The summed E-state index contributed by atoms with van der Waals surface area (Å²) in [6.07, 6.45) is 0. The quantitative estimate of drug-likeness (QED) is 0.894. The van der Waals surface area contributed by atoms with Crippen LogP contribution in [0.1, 0.15) is 32.4 Å². The first-order valence-corrected chi connectivity index (χ1v) is 6.49. The van der Waals surface area contributed by atoms with Crippen molar-refractivity contribution in [2.24, 2.45) is 11.1 Å². The van der Waals surface area contributed by atoms with E-state index in [4.69, 9.17) is 28.9 Å². The molecule has 0 saturated carbocycles. The largest absolute Gasteiger partial charge is 0.349 e. The van der Waals surface area contributed by atoms with Crippen LogP contribution >= 0.6 is 23.2 Å². The molecule has 1 amide bonds. The lowest BCUT2D eigenvalue weighted by Gasteiger charge is -2.25. The van der Waals surface area contributed by atoms with Crippen molar-refractivity contribution in [2.75, 3.05) is 6.54 Å². The molecule has 0 heterocycles. The van der Waals surface area contributed by atoms with Crippen LogP contribution in [0.5, 0.6) is 0 Å². The average Bonchev–Trinajstić information content (AvgIpc) is 2.28. The van der Waals surface area contributed by atoms with E-state index in [1.54, 1.807) is 26.0 Å². The monoisotopic (exact) mass is 288 g/mol. The number of hydrogen-bond donors (Lipinski definition) is 2. The minimum Gasteiger partial charge on any atom is -0.349 e. The van der Waals surface area contributed by atoms with E-state index in [0.717, 1.165) is 5.56 Å². The smallest absolute Gasteiger partial charge is 0.227 e. The molecule has 5 heteroatoms. The summed E-state index contributed by atoms with van der Waals surface area (Å²) in [5.74, 6) is -0.0940. The average molecular weight is 289 g/mol. The molecule has 0 bridgehead atoms. The first-order chi connectivity index (χ1) is 8.27. The number of carbonyl (C=O) groups is 1. The predicted octanol–water partition coefficient (Wildman–Crippen LogP) is 3.16. The minimum atomic E-state index is -0.590. The Morgan fingerprint density at radius 2 is 2.06 bits per heavy atom. The number of hydrogen-bond acceptors (Lipinski definition) is 2. The van der Waals surface area contributed by atoms with Gasteiger partial charge >= 0.3 is 0 Å². The lowest BCUT2D eigenvalue weighted by Crippen LogP contribution is -2.42. The lowest BCUT2D eigenvalue weighted by atomic mass is 9.92. The Morgan fingerprint density at radius 1 is 1.44 bits per heavy atom. The Bertz CT molecular complexity index is 447. The molecule has 0 saturated heterocycles. The highest BCUT2D eigenvalue weighted by Gasteiger charge is 2.27. The SMILES string of the molecule is CC(NC(=O)C(C)(C)CN)c1ccc(Cl)cc1Cl. The molecule has 1 aromatic rings. The minimum absolute atomic E-state index is 0.0940. The summed E-state index contributed by atoms with van der Waals surface area (Å²) >= 11 is 11.9. The van der Waals surface area contributed by atoms with Crippen molar-refractivity contribution in [3.8, 4) is 0 Å². The van der Waals surface area contributed by atoms with Gasteiger partial charge in [0, 0.05) is 16.6 Å². The zero-order chi connectivity index (χ0) is 13.9. The fraction of sp³-hybridized carbons (Fsp3) is 0.462. The molecule has 1 unspecified atom stereocenters. The van der Waals surface area contributed by atoms with Crippen LogP contribution in [0, 0.1) is 5.41 Å². The Hall–Kier alpha value is -0.770. The van der Waals surface area contributed by atoms with E-state index >= 15 is 0 Å². The van der Waals surface area contributed by atoms with Crippen LogP contribution in [0.3, 0.4) is 0 Å². The second-order valence-corrected chi connectivity index (χ2v) is 5.79. The van der Waals surface area contributed by atoms with E-state index in [1.807, 2.05) is 13.0 Å². The maximum atomic E-state index is 12.0. The van der Waals surface area contributed by atoms with Crippen molar-refractivity contribution >= 4 is 29.1 Å². The molecule has 0 aliphatic carbocycles. The van der Waals surface area contributed by atoms with Crippen LogP contribution in [-0.4, -0.2) is 12.5 Å². The van der Waals surface area contributed by atoms with Crippen LogP contribution < -0.4 is 11.1 Å². The van der Waals surface area contributed by atoms with E-state index in [0.29, 0.717) is 16.6 Å². The highest BCUT2D eigenvalue weighted by molar-refractivity contribution is 6.35. The predicted molar refractivity (Wildman–Crippen MR) is 75.9 cm³/mol. The molecule has 0 fully saturated rings. The molecule has 0 aliphatic heterocycles. The molecule has 1 rings (SSSR count). The van der Waals surface area contributed by atoms with Crippen LogP contribution in [0.4, 0.5) is 0 Å². The van der Waals surface area contributed by atoms with Gasteiger partial charge in [-0.3, -0.25) is 4.79 Å². The highest BCUT2D eigenvalue weighted by Crippen LogP contribution is 2.27. The van der Waals surface area contributed by atoms with Gasteiger partial charge in [-0.25, -0.2) is 0 Å². The third kappa shape index (κ3) is 3.61. The third-order valence-corrected chi connectivity index (χ3v) is 3.46. The number of benzene rings is 1. The summed E-state index contributed by atoms with van der Waals surface area (Å²) in [6, 6.07) is 5.04. The first-order valence-electron chi connectivity index (χ1n) is 5.74. The van der Waals surface area contributed by atoms with Crippen molar-refractivity contribution < 1.29 is 4.79 Å². The van der Waals surface area contributed by atoms with Gasteiger partial charge in [-0.1, -0.05) is 29.3 Å². The van der Waals surface area contributed by atoms with Crippen LogP contribution in [0.15, 0.2) is 18.2 Å². The van der Waals surface area contributed by atoms with Gasteiger partial charge < -0.3 is 11.1 Å². The van der Waals surface area contributed by atoms with Gasteiger partial charge in [-0.2, -0.15) is 0 Å². The van der Waals surface area contributed by atoms with Crippen molar-refractivity contribution in [3.63, 3.8) is 0 Å². The number of nitrogens with two attached hydrogens (primary N) is 1. The number of nitrogens with one attached hydrogen (secondary N) is 1. The third-order valence-electron chi connectivity index (χ3n) is 2.90. The molecular weight excluding hydrogens is 271 g/mol. The van der Waals surface area contributed by atoms with Crippen molar-refractivity contribution in [3.05, 3.63) is 33.8 Å². The Balaban J connectivity index is 2.83. The van der Waals surface area contributed by atoms with Crippen molar-refractivity contribution in [1.29, 1.82) is 0 Å². The number of halogens is 2. The second kappa shape index (κ2) is 5.91. The fourth-order valence-electron chi connectivity index (χ4n) is 1.42. The Kier molecular flexibility index (Phi) is 5.02. The normalized spacial score (nSPS) is 13.2. The molecule has 3 nitrogen and oxygen atoms in total. The van der Waals surface area contributed by atoms with Gasteiger partial charge in [0.15, 0.2) is 0 Å². The molecule has 1 aromatic carbocycles. The fourth-order valence-corrected chi connectivity index (χ4v) is 1.99. The van der Waals surface area contributed by atoms with Crippen molar-refractivity contribution in [2.45, 2.75) is 26.8 Å². The molecule has 1 atom stereocenters. The number of carbonyl (C=O) groups excluding carboxylic acids is 1. The molecule has 3 N–H and O–H groups in total. The van der Waals surface area contributed by atoms with Crippen LogP contribution in [-0.2, 0) is 4.79 Å². The van der Waals surface area contributed by atoms with Gasteiger partial charge in [0.1, 0.15) is 0 Å². The number of amides is 1. The summed E-state index contributed by atoms with van der Waals surface area (Å²) in [5.41, 5.74) is 5.81. The van der Waals surface area contributed by atoms with Gasteiger partial charge in [0.2, 0.25) is 5.91 Å². The molecule has 0 aromatic heterocycles. The zero-order valence-electron chi connectivity index (χ0n) is 10.8. The maximum absolute atomic E-state index is 12.0. The Labute approximate surface area is 118 Å². The molecule has 100 valence electrons. The van der Waals surface area contributed by atoms with E-state index in [1.165, 1.54) is 0 Å². The summed E-state index contributed by atoms with van der Waals surface area (Å²) in [5, 5.41) is 4.02. The van der Waals surface area contributed by atoms with E-state index < -0.39 is 5.41 Å². The van der Waals surface area contributed by atoms with E-state index in [9.17, 15) is 4.79 Å². The van der Waals surface area contributed by atoms with Crippen molar-refractivity contribution in [1.82, 2.24) is 5.32 Å². The molecule has 0 spiro atoms. The maximum Gasteiger partial charge on any atom is 0.227 e. The summed E-state index contributed by atoms with van der Waals surface area (Å²) < 4.78 is 0. The standard InChI is InChI=1S/C13H18Cl2N2O/c1-8(17-12(18)13(2,3)7-16)10-5-4-9(14)6-11(10)15/h4-6,8H,7,16H2,1-3H3,(H,17,18). The highest BCUT2D eigenvalue weighted by atomic mass is 35.5. The molecule has 0 aliphatic rings. The zero-order valence-corrected chi connectivity index (χ0v) is 12.3. The second-order valence-electron chi connectivity index (χ2n) is 4.95. The van der Waals surface area contributed by atoms with Gasteiger partial charge in [-0.15, -0.1) is 0 Å². The Morgan fingerprint density at radius 3 is 2.56 bits per heavy atom. The van der Waals surface area contributed by atoms with Crippen LogP contribution in [0.25, 0.3) is 0 Å². The van der Waals surface area contributed by atoms with Crippen LogP contribution in [0.2, 0.25) is 10.0 Å². The van der Waals surface area contributed by atoms with Gasteiger partial charge in [0.05, 0.1) is 11.5 Å². The molecule has 0 radical (unpaired) electrons. The first kappa shape index (κ1) is 15.3. The molecule has 18 heavy (non-hydrogen) atoms. The summed E-state index contributed by atoms with van der Waals surface area (Å²) in [7, 11) is 0. The summed E-state index contributed by atoms with van der Waals surface area (Å²) in [6.45, 7) is 5.77.